The second-order valence-corrected chi connectivity index (χ2v) is 9.00. The lowest BCUT2D eigenvalue weighted by Gasteiger charge is -2.30. The van der Waals surface area contributed by atoms with E-state index in [1.165, 1.54) is 32.5 Å². The average Bonchev–Trinajstić information content (AvgIpc) is 3.46. The van der Waals surface area contributed by atoms with Crippen molar-refractivity contribution in [1.29, 1.82) is 0 Å². The average molecular weight is 420 g/mol. The van der Waals surface area contributed by atoms with Gasteiger partial charge in [0.2, 0.25) is 0 Å². The zero-order chi connectivity index (χ0) is 21.0. The molecule has 3 aromatic heterocycles. The zero-order valence-electron chi connectivity index (χ0n) is 18.5. The van der Waals surface area contributed by atoms with Gasteiger partial charge in [0.25, 0.3) is 0 Å². The van der Waals surface area contributed by atoms with Crippen molar-refractivity contribution in [2.75, 3.05) is 45.1 Å². The fourth-order valence-electron chi connectivity index (χ4n) is 4.80. The molecule has 0 aromatic carbocycles. The standard InChI is InChI=1S/C24H33N7/c1-29-16-7-20(8-17-29)26-23-21-9-18-31(15-4-14-30-12-2-3-13-30)24(21)28-22(27-23)19-5-10-25-11-6-19/h5-6,9-11,18,20H,2-4,7-8,12-17H2,1H3,(H,26,27,28). The molecule has 5 heterocycles. The number of aryl methyl sites for hydroxylation is 1. The van der Waals surface area contributed by atoms with Crippen molar-refractivity contribution >= 4 is 16.9 Å². The van der Waals surface area contributed by atoms with E-state index in [-0.39, 0.29) is 0 Å². The van der Waals surface area contributed by atoms with Crippen LogP contribution in [-0.4, -0.2) is 75.1 Å². The van der Waals surface area contributed by atoms with Crippen molar-refractivity contribution in [3.8, 4) is 11.4 Å². The molecule has 0 atom stereocenters. The van der Waals surface area contributed by atoms with Crippen LogP contribution in [0.5, 0.6) is 0 Å². The van der Waals surface area contributed by atoms with Gasteiger partial charge in [-0.25, -0.2) is 9.97 Å². The smallest absolute Gasteiger partial charge is 0.164 e. The van der Waals surface area contributed by atoms with E-state index in [1.807, 2.05) is 24.5 Å². The molecule has 0 amide bonds. The number of nitrogens with one attached hydrogen (secondary N) is 1. The van der Waals surface area contributed by atoms with E-state index in [2.05, 4.69) is 44.0 Å². The van der Waals surface area contributed by atoms with Gasteiger partial charge in [-0.05, 0) is 90.1 Å². The highest BCUT2D eigenvalue weighted by Crippen LogP contribution is 2.28. The summed E-state index contributed by atoms with van der Waals surface area (Å²) in [6.07, 6.45) is 11.9. The Morgan fingerprint density at radius 2 is 1.74 bits per heavy atom. The van der Waals surface area contributed by atoms with Crippen LogP contribution in [-0.2, 0) is 6.54 Å². The minimum atomic E-state index is 0.457. The lowest BCUT2D eigenvalue weighted by Crippen LogP contribution is -2.36. The third-order valence-corrected chi connectivity index (χ3v) is 6.69. The molecule has 7 heteroatoms. The van der Waals surface area contributed by atoms with E-state index in [9.17, 15) is 0 Å². The number of hydrogen-bond acceptors (Lipinski definition) is 6. The van der Waals surface area contributed by atoms with Crippen LogP contribution in [0, 0.1) is 0 Å². The van der Waals surface area contributed by atoms with E-state index in [4.69, 9.17) is 9.97 Å². The maximum absolute atomic E-state index is 4.98. The van der Waals surface area contributed by atoms with Gasteiger partial charge in [-0.3, -0.25) is 4.98 Å². The van der Waals surface area contributed by atoms with Crippen molar-refractivity contribution in [2.24, 2.45) is 0 Å². The summed E-state index contributed by atoms with van der Waals surface area (Å²) in [6.45, 7) is 6.92. The highest BCUT2D eigenvalue weighted by atomic mass is 15.2. The first-order valence-corrected chi connectivity index (χ1v) is 11.7. The molecule has 3 aromatic rings. The van der Waals surface area contributed by atoms with Crippen LogP contribution in [0.1, 0.15) is 32.1 Å². The minimum absolute atomic E-state index is 0.457. The number of piperidine rings is 1. The van der Waals surface area contributed by atoms with Crippen molar-refractivity contribution in [3.63, 3.8) is 0 Å². The van der Waals surface area contributed by atoms with Crippen LogP contribution in [0.15, 0.2) is 36.8 Å². The molecule has 164 valence electrons. The number of hydrogen-bond donors (Lipinski definition) is 1. The van der Waals surface area contributed by atoms with Crippen LogP contribution < -0.4 is 5.32 Å². The summed E-state index contributed by atoms with van der Waals surface area (Å²) in [6, 6.07) is 6.61. The molecule has 5 rings (SSSR count). The molecule has 31 heavy (non-hydrogen) atoms. The Morgan fingerprint density at radius 3 is 2.52 bits per heavy atom. The molecular formula is C24H33N7. The summed E-state index contributed by atoms with van der Waals surface area (Å²) < 4.78 is 2.30. The number of likely N-dealkylation sites (tertiary alicyclic amines) is 2. The van der Waals surface area contributed by atoms with E-state index >= 15 is 0 Å². The first kappa shape index (κ1) is 20.4. The van der Waals surface area contributed by atoms with Crippen molar-refractivity contribution in [3.05, 3.63) is 36.8 Å². The molecule has 0 radical (unpaired) electrons. The second kappa shape index (κ2) is 9.32. The van der Waals surface area contributed by atoms with Crippen LogP contribution in [0.2, 0.25) is 0 Å². The summed E-state index contributed by atoms with van der Waals surface area (Å²) in [5, 5.41) is 4.88. The molecule has 0 bridgehead atoms. The van der Waals surface area contributed by atoms with Gasteiger partial charge in [0.05, 0.1) is 5.39 Å². The first-order valence-electron chi connectivity index (χ1n) is 11.7. The van der Waals surface area contributed by atoms with Gasteiger partial charge in [0.1, 0.15) is 11.5 Å². The molecule has 0 unspecified atom stereocenters. The van der Waals surface area contributed by atoms with Gasteiger partial charge in [0, 0.05) is 36.7 Å². The summed E-state index contributed by atoms with van der Waals surface area (Å²) in [4.78, 5) is 19.1. The van der Waals surface area contributed by atoms with Crippen LogP contribution >= 0.6 is 0 Å². The fourth-order valence-corrected chi connectivity index (χ4v) is 4.80. The van der Waals surface area contributed by atoms with Gasteiger partial charge in [-0.1, -0.05) is 0 Å². The van der Waals surface area contributed by atoms with Gasteiger partial charge in [0.15, 0.2) is 5.82 Å². The predicted molar refractivity (Wildman–Crippen MR) is 125 cm³/mol. The normalized spacial score (nSPS) is 18.7. The van der Waals surface area contributed by atoms with Crippen molar-refractivity contribution in [2.45, 2.75) is 44.7 Å². The van der Waals surface area contributed by atoms with E-state index in [0.29, 0.717) is 6.04 Å². The molecule has 0 spiro atoms. The van der Waals surface area contributed by atoms with Crippen LogP contribution in [0.3, 0.4) is 0 Å². The Morgan fingerprint density at radius 1 is 0.968 bits per heavy atom. The van der Waals surface area contributed by atoms with E-state index < -0.39 is 0 Å². The monoisotopic (exact) mass is 419 g/mol. The summed E-state index contributed by atoms with van der Waals surface area (Å²) in [5.74, 6) is 1.73. The largest absolute Gasteiger partial charge is 0.367 e. The Hall–Kier alpha value is -2.51. The number of pyridine rings is 1. The van der Waals surface area contributed by atoms with Crippen LogP contribution in [0.25, 0.3) is 22.4 Å². The third kappa shape index (κ3) is 4.72. The Kier molecular flexibility index (Phi) is 6.13. The van der Waals surface area contributed by atoms with Gasteiger partial charge >= 0.3 is 0 Å². The number of anilines is 1. The fraction of sp³-hybridized carbons (Fsp3) is 0.542. The van der Waals surface area contributed by atoms with Gasteiger partial charge < -0.3 is 19.7 Å². The molecule has 1 N–H and O–H groups in total. The van der Waals surface area contributed by atoms with Gasteiger partial charge in [-0.15, -0.1) is 0 Å². The quantitative estimate of drug-likeness (QED) is 0.633. The Balaban J connectivity index is 1.42. The minimum Gasteiger partial charge on any atom is -0.367 e. The predicted octanol–water partition coefficient (Wildman–Crippen LogP) is 3.49. The van der Waals surface area contributed by atoms with Crippen molar-refractivity contribution < 1.29 is 0 Å². The highest BCUT2D eigenvalue weighted by Gasteiger charge is 2.20. The number of nitrogens with zero attached hydrogens (tertiary/aromatic N) is 6. The zero-order valence-corrected chi connectivity index (χ0v) is 18.5. The molecule has 2 saturated heterocycles. The Bertz CT molecular complexity index is 986. The Labute approximate surface area is 184 Å². The number of rotatable bonds is 7. The molecule has 7 nitrogen and oxygen atoms in total. The second-order valence-electron chi connectivity index (χ2n) is 9.00. The molecule has 2 aliphatic rings. The molecular weight excluding hydrogens is 386 g/mol. The number of aromatic nitrogens is 4. The SMILES string of the molecule is CN1CCC(Nc2nc(-c3ccncc3)nc3c2ccn3CCCN2CCCC2)CC1. The maximum atomic E-state index is 4.98. The van der Waals surface area contributed by atoms with Gasteiger partial charge in [-0.2, -0.15) is 0 Å². The maximum Gasteiger partial charge on any atom is 0.164 e. The van der Waals surface area contributed by atoms with E-state index in [1.54, 1.807) is 0 Å². The summed E-state index contributed by atoms with van der Waals surface area (Å²) in [5.41, 5.74) is 2.03. The molecule has 2 fully saturated rings. The lowest BCUT2D eigenvalue weighted by atomic mass is 10.1. The summed E-state index contributed by atoms with van der Waals surface area (Å²) in [7, 11) is 2.20. The molecule has 0 aliphatic carbocycles. The topological polar surface area (TPSA) is 62.1 Å². The lowest BCUT2D eigenvalue weighted by molar-refractivity contribution is 0.264. The molecule has 0 saturated carbocycles. The van der Waals surface area contributed by atoms with E-state index in [0.717, 1.165) is 67.1 Å². The first-order chi connectivity index (χ1) is 15.3. The summed E-state index contributed by atoms with van der Waals surface area (Å²) >= 11 is 0. The third-order valence-electron chi connectivity index (χ3n) is 6.69. The van der Waals surface area contributed by atoms with Crippen LogP contribution in [0.4, 0.5) is 5.82 Å². The van der Waals surface area contributed by atoms with Crippen molar-refractivity contribution in [1.82, 2.24) is 29.3 Å². The molecule has 2 aliphatic heterocycles. The highest BCUT2D eigenvalue weighted by molar-refractivity contribution is 5.89. The number of fused-ring (bicyclic) bond motifs is 1.